The maximum Gasteiger partial charge on any atom is 0.245 e. The minimum Gasteiger partial charge on any atom is -0.311 e. The Kier molecular flexibility index (Phi) is 4.39. The molecule has 0 spiro atoms. The lowest BCUT2D eigenvalue weighted by Gasteiger charge is -2.17. The van der Waals surface area contributed by atoms with Crippen LogP contribution in [0.15, 0.2) is 59.5 Å². The van der Waals surface area contributed by atoms with Crippen LogP contribution >= 0.6 is 11.6 Å². The molecule has 1 atom stereocenters. The van der Waals surface area contributed by atoms with Gasteiger partial charge in [0, 0.05) is 12.2 Å². The van der Waals surface area contributed by atoms with Crippen LogP contribution in [0, 0.1) is 0 Å². The molecule has 1 amide bonds. The lowest BCUT2D eigenvalue weighted by atomic mass is 10.3. The number of nitrogens with zero attached hydrogens (tertiary/aromatic N) is 1. The van der Waals surface area contributed by atoms with Gasteiger partial charge in [0.25, 0.3) is 0 Å². The minimum atomic E-state index is -3.84. The summed E-state index contributed by atoms with van der Waals surface area (Å²) in [6, 6.07) is 14.6. The first-order valence-electron chi connectivity index (χ1n) is 7.12. The van der Waals surface area contributed by atoms with Crippen molar-refractivity contribution in [1.82, 2.24) is 4.72 Å². The molecule has 0 radical (unpaired) electrons. The quantitative estimate of drug-likeness (QED) is 0.920. The molecule has 5 nitrogen and oxygen atoms in total. The average Bonchev–Trinajstić information content (AvgIpc) is 2.89. The Hall–Kier alpha value is -1.89. The van der Waals surface area contributed by atoms with Gasteiger partial charge in [0.2, 0.25) is 15.9 Å². The number of carbonyl (C=O) groups is 1. The third-order valence-corrected chi connectivity index (χ3v) is 5.67. The Morgan fingerprint density at radius 3 is 2.39 bits per heavy atom. The monoisotopic (exact) mass is 350 g/mol. The van der Waals surface area contributed by atoms with Crippen molar-refractivity contribution in [2.75, 3.05) is 11.4 Å². The van der Waals surface area contributed by atoms with Gasteiger partial charge in [0.15, 0.2) is 0 Å². The maximum absolute atomic E-state index is 12.5. The van der Waals surface area contributed by atoms with Gasteiger partial charge < -0.3 is 4.90 Å². The van der Waals surface area contributed by atoms with Crippen molar-refractivity contribution < 1.29 is 13.2 Å². The fourth-order valence-corrected chi connectivity index (χ4v) is 4.31. The number of nitrogens with one attached hydrogen (secondary N) is 1. The zero-order chi connectivity index (χ0) is 16.4. The summed E-state index contributed by atoms with van der Waals surface area (Å²) in [5.74, 6) is -0.258. The number of carbonyl (C=O) groups excluding carboxylic acids is 1. The summed E-state index contributed by atoms with van der Waals surface area (Å²) in [5.41, 5.74) is 0.761. The Morgan fingerprint density at radius 2 is 1.70 bits per heavy atom. The number of halogens is 1. The third kappa shape index (κ3) is 3.24. The van der Waals surface area contributed by atoms with Gasteiger partial charge >= 0.3 is 0 Å². The summed E-state index contributed by atoms with van der Waals surface area (Å²) in [4.78, 5) is 14.0. The van der Waals surface area contributed by atoms with Crippen LogP contribution in [0.1, 0.15) is 6.42 Å². The van der Waals surface area contributed by atoms with Crippen LogP contribution in [0.5, 0.6) is 0 Å². The molecule has 1 N–H and O–H groups in total. The molecule has 0 unspecified atom stereocenters. The first-order valence-corrected chi connectivity index (χ1v) is 8.98. The van der Waals surface area contributed by atoms with E-state index in [-0.39, 0.29) is 15.8 Å². The van der Waals surface area contributed by atoms with E-state index in [2.05, 4.69) is 4.72 Å². The van der Waals surface area contributed by atoms with Gasteiger partial charge in [-0.2, -0.15) is 4.72 Å². The van der Waals surface area contributed by atoms with E-state index in [4.69, 9.17) is 11.6 Å². The van der Waals surface area contributed by atoms with Crippen LogP contribution in [0.2, 0.25) is 5.02 Å². The van der Waals surface area contributed by atoms with Crippen molar-refractivity contribution in [3.63, 3.8) is 0 Å². The summed E-state index contributed by atoms with van der Waals surface area (Å²) >= 11 is 5.94. The zero-order valence-electron chi connectivity index (χ0n) is 12.1. The first kappa shape index (κ1) is 16.0. The molecule has 1 heterocycles. The molecule has 1 aliphatic rings. The lowest BCUT2D eigenvalue weighted by molar-refractivity contribution is -0.118. The fourth-order valence-electron chi connectivity index (χ4n) is 2.57. The number of sulfonamides is 1. The zero-order valence-corrected chi connectivity index (χ0v) is 13.7. The van der Waals surface area contributed by atoms with Crippen molar-refractivity contribution in [3.8, 4) is 0 Å². The smallest absolute Gasteiger partial charge is 0.245 e. The van der Waals surface area contributed by atoms with Crippen molar-refractivity contribution in [2.45, 2.75) is 17.4 Å². The second kappa shape index (κ2) is 6.31. The lowest BCUT2D eigenvalue weighted by Crippen LogP contribution is -2.41. The predicted octanol–water partition coefficient (Wildman–Crippen LogP) is 2.42. The highest BCUT2D eigenvalue weighted by atomic mass is 35.5. The minimum absolute atomic E-state index is 0.0207. The number of benzene rings is 2. The summed E-state index contributed by atoms with van der Waals surface area (Å²) in [7, 11) is -3.84. The molecule has 0 bridgehead atoms. The molecule has 0 aromatic heterocycles. The second-order valence-electron chi connectivity index (χ2n) is 5.22. The van der Waals surface area contributed by atoms with Gasteiger partial charge in [0.05, 0.1) is 5.02 Å². The Bertz CT molecular complexity index is 824. The van der Waals surface area contributed by atoms with Crippen LogP contribution < -0.4 is 9.62 Å². The van der Waals surface area contributed by atoms with Gasteiger partial charge in [-0.05, 0) is 30.7 Å². The van der Waals surface area contributed by atoms with E-state index in [1.54, 1.807) is 17.0 Å². The average molecular weight is 351 g/mol. The van der Waals surface area contributed by atoms with Gasteiger partial charge in [-0.25, -0.2) is 8.42 Å². The first-order chi connectivity index (χ1) is 11.0. The highest BCUT2D eigenvalue weighted by molar-refractivity contribution is 7.89. The Morgan fingerprint density at radius 1 is 1.04 bits per heavy atom. The molecule has 0 saturated carbocycles. The van der Waals surface area contributed by atoms with E-state index in [1.165, 1.54) is 12.1 Å². The summed E-state index contributed by atoms with van der Waals surface area (Å²) < 4.78 is 27.3. The topological polar surface area (TPSA) is 66.5 Å². The van der Waals surface area contributed by atoms with E-state index < -0.39 is 16.1 Å². The SMILES string of the molecule is O=C1[C@@H](NS(=O)(=O)c2ccccc2Cl)CCN1c1ccccc1. The molecule has 0 aliphatic carbocycles. The van der Waals surface area contributed by atoms with Crippen molar-refractivity contribution in [2.24, 2.45) is 0 Å². The second-order valence-corrected chi connectivity index (χ2v) is 7.31. The van der Waals surface area contributed by atoms with E-state index in [0.29, 0.717) is 13.0 Å². The van der Waals surface area contributed by atoms with E-state index in [0.717, 1.165) is 5.69 Å². The molecular weight excluding hydrogens is 336 g/mol. The van der Waals surface area contributed by atoms with Crippen LogP contribution in [-0.2, 0) is 14.8 Å². The van der Waals surface area contributed by atoms with Crippen molar-refractivity contribution in [3.05, 3.63) is 59.6 Å². The van der Waals surface area contributed by atoms with Crippen molar-refractivity contribution in [1.29, 1.82) is 0 Å². The Labute approximate surface area is 139 Å². The van der Waals surface area contributed by atoms with Gasteiger partial charge in [-0.15, -0.1) is 0 Å². The molecule has 1 saturated heterocycles. The van der Waals surface area contributed by atoms with Gasteiger partial charge in [-0.3, -0.25) is 4.79 Å². The summed E-state index contributed by atoms with van der Waals surface area (Å²) in [6.45, 7) is 0.471. The summed E-state index contributed by atoms with van der Waals surface area (Å²) in [5, 5.41) is 0.130. The molecule has 1 fully saturated rings. The standard InChI is InChI=1S/C16H15ClN2O3S/c17-13-8-4-5-9-15(13)23(21,22)18-14-10-11-19(16(14)20)12-6-2-1-3-7-12/h1-9,14,18H,10-11H2/t14-/m0/s1. The molecule has 120 valence electrons. The Balaban J connectivity index is 1.79. The fraction of sp³-hybridized carbons (Fsp3) is 0.188. The van der Waals surface area contributed by atoms with Crippen LogP contribution in [0.3, 0.4) is 0 Å². The summed E-state index contributed by atoms with van der Waals surface area (Å²) in [6.07, 6.45) is 0.414. The van der Waals surface area contributed by atoms with Crippen LogP contribution in [0.25, 0.3) is 0 Å². The number of hydrogen-bond acceptors (Lipinski definition) is 3. The number of hydrogen-bond donors (Lipinski definition) is 1. The number of amides is 1. The predicted molar refractivity (Wildman–Crippen MR) is 89.0 cm³/mol. The van der Waals surface area contributed by atoms with Crippen molar-refractivity contribution >= 4 is 33.2 Å². The highest BCUT2D eigenvalue weighted by Gasteiger charge is 2.36. The normalized spacial score (nSPS) is 18.4. The maximum atomic E-state index is 12.5. The van der Waals surface area contributed by atoms with Gasteiger partial charge in [-0.1, -0.05) is 41.9 Å². The number of rotatable bonds is 4. The molecule has 2 aromatic rings. The van der Waals surface area contributed by atoms with Gasteiger partial charge in [0.1, 0.15) is 10.9 Å². The highest BCUT2D eigenvalue weighted by Crippen LogP contribution is 2.24. The molecule has 7 heteroatoms. The molecule has 3 rings (SSSR count). The molecule has 2 aromatic carbocycles. The van der Waals surface area contributed by atoms with Crippen LogP contribution in [0.4, 0.5) is 5.69 Å². The number of para-hydroxylation sites is 1. The number of anilines is 1. The van der Waals surface area contributed by atoms with E-state index in [1.807, 2.05) is 30.3 Å². The van der Waals surface area contributed by atoms with Crippen LogP contribution in [-0.4, -0.2) is 26.9 Å². The van der Waals surface area contributed by atoms with E-state index in [9.17, 15) is 13.2 Å². The largest absolute Gasteiger partial charge is 0.311 e. The molecule has 1 aliphatic heterocycles. The molecular formula is C16H15ClN2O3S. The third-order valence-electron chi connectivity index (χ3n) is 3.70. The molecule has 23 heavy (non-hydrogen) atoms. The van der Waals surface area contributed by atoms with E-state index >= 15 is 0 Å².